The summed E-state index contributed by atoms with van der Waals surface area (Å²) in [7, 11) is -4.01. The molecular weight excluding hydrogens is 246 g/mol. The molecule has 0 aromatic rings. The van der Waals surface area contributed by atoms with Crippen molar-refractivity contribution in [3.8, 4) is 0 Å². The Balaban J connectivity index is 3.75. The van der Waals surface area contributed by atoms with Gasteiger partial charge in [0.2, 0.25) is 0 Å². The highest BCUT2D eigenvalue weighted by atomic mass is 32.2. The maximum Gasteiger partial charge on any atom is 0.148 e. The van der Waals surface area contributed by atoms with Crippen LogP contribution >= 0.6 is 0 Å². The predicted molar refractivity (Wildman–Crippen MR) is 69.7 cm³/mol. The van der Waals surface area contributed by atoms with Gasteiger partial charge in [-0.2, -0.15) is 0 Å². The predicted octanol–water partition coefficient (Wildman–Crippen LogP) is 0.545. The molecule has 0 radical (unpaired) electrons. The van der Waals surface area contributed by atoms with Crippen LogP contribution in [-0.4, -0.2) is 42.7 Å². The average molecular weight is 269 g/mol. The zero-order valence-electron chi connectivity index (χ0n) is 10.4. The summed E-state index contributed by atoms with van der Waals surface area (Å²) in [4.78, 5) is 0. The second-order valence-electron chi connectivity index (χ2n) is 4.95. The number of hydrogen-bond acceptors (Lipinski definition) is 4. The Morgan fingerprint density at radius 2 is 1.81 bits per heavy atom. The molecule has 1 unspecified atom stereocenters. The van der Waals surface area contributed by atoms with Gasteiger partial charge in [0.25, 0.3) is 0 Å². The van der Waals surface area contributed by atoms with Crippen LogP contribution in [0.2, 0.25) is 0 Å². The third-order valence-electron chi connectivity index (χ3n) is 2.46. The minimum atomic E-state index is -2.99. The molecular formula is C10H23NO3S2. The topological polar surface area (TPSA) is 77.2 Å². The summed E-state index contributed by atoms with van der Waals surface area (Å²) < 4.78 is 33.2. The normalized spacial score (nSPS) is 15.0. The Morgan fingerprint density at radius 3 is 2.25 bits per heavy atom. The van der Waals surface area contributed by atoms with Gasteiger partial charge in [-0.25, -0.2) is 8.42 Å². The van der Waals surface area contributed by atoms with E-state index in [1.165, 1.54) is 6.26 Å². The molecule has 1 atom stereocenters. The van der Waals surface area contributed by atoms with E-state index in [1.807, 2.05) is 0 Å². The molecule has 0 bridgehead atoms. The van der Waals surface area contributed by atoms with Gasteiger partial charge < -0.3 is 5.73 Å². The molecule has 0 spiro atoms. The molecule has 0 fully saturated rings. The molecule has 0 aliphatic carbocycles. The van der Waals surface area contributed by atoms with E-state index in [9.17, 15) is 12.6 Å². The lowest BCUT2D eigenvalue weighted by Gasteiger charge is -2.21. The van der Waals surface area contributed by atoms with E-state index in [2.05, 4.69) is 13.8 Å². The minimum absolute atomic E-state index is 0.0138. The van der Waals surface area contributed by atoms with Crippen molar-refractivity contribution >= 4 is 20.6 Å². The molecule has 16 heavy (non-hydrogen) atoms. The Hall–Kier alpha value is 0.0600. The molecule has 0 heterocycles. The van der Waals surface area contributed by atoms with Crippen LogP contribution in [0.3, 0.4) is 0 Å². The molecule has 0 saturated carbocycles. The van der Waals surface area contributed by atoms with Gasteiger partial charge in [0.05, 0.1) is 5.75 Å². The van der Waals surface area contributed by atoms with Crippen LogP contribution < -0.4 is 5.73 Å². The number of sulfone groups is 1. The van der Waals surface area contributed by atoms with Gasteiger partial charge in [0, 0.05) is 28.6 Å². The highest BCUT2D eigenvalue weighted by Gasteiger charge is 2.15. The first-order chi connectivity index (χ1) is 7.16. The molecule has 0 aromatic carbocycles. The molecule has 2 N–H and O–H groups in total. The Kier molecular flexibility index (Phi) is 6.74. The first-order valence-corrected chi connectivity index (χ1v) is 8.94. The number of nitrogens with two attached hydrogens (primary N) is 1. The maximum atomic E-state index is 11.5. The smallest absolute Gasteiger partial charge is 0.148 e. The summed E-state index contributed by atoms with van der Waals surface area (Å²) in [6, 6.07) is 0. The second kappa shape index (κ2) is 6.71. The van der Waals surface area contributed by atoms with Crippen molar-refractivity contribution in [2.75, 3.05) is 30.1 Å². The third kappa shape index (κ3) is 9.30. The summed E-state index contributed by atoms with van der Waals surface area (Å²) in [6.07, 6.45) is 2.93. The van der Waals surface area contributed by atoms with Crippen LogP contribution in [-0.2, 0) is 20.6 Å². The van der Waals surface area contributed by atoms with Crippen molar-refractivity contribution in [1.82, 2.24) is 0 Å². The van der Waals surface area contributed by atoms with Gasteiger partial charge in [-0.05, 0) is 24.8 Å². The molecule has 0 aliphatic rings. The summed E-state index contributed by atoms with van der Waals surface area (Å²) in [6.45, 7) is 4.77. The lowest BCUT2D eigenvalue weighted by Crippen LogP contribution is -2.24. The summed E-state index contributed by atoms with van der Waals surface area (Å²) >= 11 is 0. The van der Waals surface area contributed by atoms with E-state index in [4.69, 9.17) is 5.73 Å². The Bertz CT molecular complexity index is 323. The quantitative estimate of drug-likeness (QED) is 0.698. The van der Waals surface area contributed by atoms with Crippen molar-refractivity contribution in [3.63, 3.8) is 0 Å². The summed E-state index contributed by atoms with van der Waals surface area (Å²) in [5, 5.41) is 0. The van der Waals surface area contributed by atoms with Gasteiger partial charge >= 0.3 is 0 Å². The van der Waals surface area contributed by atoms with Crippen LogP contribution in [0.15, 0.2) is 0 Å². The maximum absolute atomic E-state index is 11.5. The minimum Gasteiger partial charge on any atom is -0.330 e. The molecule has 6 heteroatoms. The average Bonchev–Trinajstić information content (AvgIpc) is 2.13. The molecule has 98 valence electrons. The molecule has 0 rings (SSSR count). The molecule has 0 aromatic heterocycles. The first kappa shape index (κ1) is 16.1. The highest BCUT2D eigenvalue weighted by molar-refractivity contribution is 7.92. The SMILES string of the molecule is CC(C)(CN)CCCS(=O)CCS(C)(=O)=O. The van der Waals surface area contributed by atoms with E-state index in [1.54, 1.807) is 0 Å². The number of rotatable bonds is 8. The monoisotopic (exact) mass is 269 g/mol. The van der Waals surface area contributed by atoms with Crippen molar-refractivity contribution in [3.05, 3.63) is 0 Å². The van der Waals surface area contributed by atoms with Crippen LogP contribution in [0, 0.1) is 5.41 Å². The number of hydrogen-bond donors (Lipinski definition) is 1. The van der Waals surface area contributed by atoms with E-state index >= 15 is 0 Å². The fourth-order valence-corrected chi connectivity index (χ4v) is 3.79. The fourth-order valence-electron chi connectivity index (χ4n) is 1.16. The molecule has 0 saturated heterocycles. The fraction of sp³-hybridized carbons (Fsp3) is 1.00. The van der Waals surface area contributed by atoms with Crippen molar-refractivity contribution < 1.29 is 12.6 Å². The Labute approximate surface area is 101 Å². The van der Waals surface area contributed by atoms with E-state index in [0.717, 1.165) is 12.8 Å². The standard InChI is InChI=1S/C10H23NO3S2/c1-10(2,9-11)5-4-6-15(12)7-8-16(3,13)14/h4-9,11H2,1-3H3. The van der Waals surface area contributed by atoms with E-state index in [0.29, 0.717) is 12.3 Å². The zero-order chi connectivity index (χ0) is 12.8. The Morgan fingerprint density at radius 1 is 1.25 bits per heavy atom. The van der Waals surface area contributed by atoms with Crippen molar-refractivity contribution in [2.24, 2.45) is 11.1 Å². The molecule has 4 nitrogen and oxygen atoms in total. The summed E-state index contributed by atoms with van der Waals surface area (Å²) in [5.74, 6) is 0.834. The lowest BCUT2D eigenvalue weighted by atomic mass is 9.88. The molecule has 0 amide bonds. The van der Waals surface area contributed by atoms with Gasteiger partial charge in [-0.3, -0.25) is 4.21 Å². The zero-order valence-corrected chi connectivity index (χ0v) is 12.0. The van der Waals surface area contributed by atoms with Crippen molar-refractivity contribution in [2.45, 2.75) is 26.7 Å². The van der Waals surface area contributed by atoms with Gasteiger partial charge in [0.15, 0.2) is 0 Å². The first-order valence-electron chi connectivity index (χ1n) is 5.39. The summed E-state index contributed by atoms with van der Waals surface area (Å²) in [5.41, 5.74) is 5.67. The highest BCUT2D eigenvalue weighted by Crippen LogP contribution is 2.20. The van der Waals surface area contributed by atoms with Gasteiger partial charge in [-0.15, -0.1) is 0 Å². The van der Waals surface area contributed by atoms with Crippen LogP contribution in [0.25, 0.3) is 0 Å². The van der Waals surface area contributed by atoms with Crippen molar-refractivity contribution in [1.29, 1.82) is 0 Å². The van der Waals surface area contributed by atoms with Crippen LogP contribution in [0.1, 0.15) is 26.7 Å². The third-order valence-corrected chi connectivity index (χ3v) is 5.07. The second-order valence-corrected chi connectivity index (χ2v) is 8.91. The van der Waals surface area contributed by atoms with Gasteiger partial charge in [0.1, 0.15) is 9.84 Å². The molecule has 0 aliphatic heterocycles. The van der Waals surface area contributed by atoms with E-state index in [-0.39, 0.29) is 16.9 Å². The van der Waals surface area contributed by atoms with Crippen LogP contribution in [0.4, 0.5) is 0 Å². The largest absolute Gasteiger partial charge is 0.330 e. The van der Waals surface area contributed by atoms with E-state index < -0.39 is 20.6 Å². The lowest BCUT2D eigenvalue weighted by molar-refractivity contribution is 0.344. The van der Waals surface area contributed by atoms with Crippen LogP contribution in [0.5, 0.6) is 0 Å². The van der Waals surface area contributed by atoms with Gasteiger partial charge in [-0.1, -0.05) is 13.8 Å².